The molecule has 4 heteroatoms. The fraction of sp³-hybridized carbons (Fsp3) is 0.583. The molecule has 1 unspecified atom stereocenters. The number of hydrogen-bond donors (Lipinski definition) is 1. The van der Waals surface area contributed by atoms with Gasteiger partial charge in [0.1, 0.15) is 11.5 Å². The number of carbonyl (C=O) groups excluding carboxylic acids is 1. The highest BCUT2D eigenvalue weighted by Crippen LogP contribution is 2.22. The van der Waals surface area contributed by atoms with Crippen LogP contribution in [0.1, 0.15) is 34.4 Å². The number of hydrogen-bond acceptors (Lipinski definition) is 3. The summed E-state index contributed by atoms with van der Waals surface area (Å²) in [6.45, 7) is 7.25. The Morgan fingerprint density at radius 1 is 1.38 bits per heavy atom. The maximum absolute atomic E-state index is 12.2. The summed E-state index contributed by atoms with van der Waals surface area (Å²) >= 11 is 0. The number of furan rings is 1. The van der Waals surface area contributed by atoms with E-state index in [-0.39, 0.29) is 18.6 Å². The number of rotatable bonds is 3. The molecule has 1 rings (SSSR count). The third-order valence-electron chi connectivity index (χ3n) is 3.02. The molecule has 0 fully saturated rings. The molecule has 0 bridgehead atoms. The van der Waals surface area contributed by atoms with Gasteiger partial charge in [-0.05, 0) is 27.7 Å². The highest BCUT2D eigenvalue weighted by Gasteiger charge is 2.23. The molecule has 1 aromatic heterocycles. The summed E-state index contributed by atoms with van der Waals surface area (Å²) in [7, 11) is 1.68. The van der Waals surface area contributed by atoms with Crippen molar-refractivity contribution in [2.45, 2.75) is 33.7 Å². The van der Waals surface area contributed by atoms with Gasteiger partial charge in [0.25, 0.3) is 5.91 Å². The Morgan fingerprint density at radius 3 is 2.31 bits per heavy atom. The summed E-state index contributed by atoms with van der Waals surface area (Å²) in [5.41, 5.74) is 1.49. The highest BCUT2D eigenvalue weighted by atomic mass is 16.3. The number of aryl methyl sites for hydroxylation is 2. The maximum Gasteiger partial charge on any atom is 0.257 e. The van der Waals surface area contributed by atoms with Gasteiger partial charge in [-0.15, -0.1) is 0 Å². The minimum absolute atomic E-state index is 0.0445. The molecule has 1 N–H and O–H groups in total. The molecule has 4 nitrogen and oxygen atoms in total. The van der Waals surface area contributed by atoms with E-state index < -0.39 is 0 Å². The second kappa shape index (κ2) is 4.70. The van der Waals surface area contributed by atoms with Crippen molar-refractivity contribution in [2.75, 3.05) is 13.7 Å². The maximum atomic E-state index is 12.2. The van der Waals surface area contributed by atoms with Gasteiger partial charge in [-0.1, -0.05) is 0 Å². The van der Waals surface area contributed by atoms with Crippen molar-refractivity contribution in [1.29, 1.82) is 0 Å². The second-order valence-corrected chi connectivity index (χ2v) is 4.16. The van der Waals surface area contributed by atoms with Crippen LogP contribution >= 0.6 is 0 Å². The summed E-state index contributed by atoms with van der Waals surface area (Å²) in [6, 6.07) is -0.193. The van der Waals surface area contributed by atoms with E-state index in [0.29, 0.717) is 11.3 Å². The van der Waals surface area contributed by atoms with Crippen molar-refractivity contribution in [3.63, 3.8) is 0 Å². The first-order valence-electron chi connectivity index (χ1n) is 5.34. The quantitative estimate of drug-likeness (QED) is 0.851. The first-order valence-corrected chi connectivity index (χ1v) is 5.34. The Balaban J connectivity index is 3.05. The summed E-state index contributed by atoms with van der Waals surface area (Å²) < 4.78 is 5.42. The number of aliphatic hydroxyl groups is 1. The lowest BCUT2D eigenvalue weighted by atomic mass is 10.1. The van der Waals surface area contributed by atoms with E-state index in [9.17, 15) is 4.79 Å². The molecule has 0 aliphatic rings. The number of aliphatic hydroxyl groups excluding tert-OH is 1. The zero-order chi connectivity index (χ0) is 12.5. The third kappa shape index (κ3) is 2.11. The molecule has 1 atom stereocenters. The molecule has 0 aliphatic carbocycles. The van der Waals surface area contributed by atoms with Gasteiger partial charge in [-0.25, -0.2) is 0 Å². The van der Waals surface area contributed by atoms with Gasteiger partial charge in [0.05, 0.1) is 18.2 Å². The van der Waals surface area contributed by atoms with Crippen molar-refractivity contribution < 1.29 is 14.3 Å². The van der Waals surface area contributed by atoms with Crippen LogP contribution in [-0.4, -0.2) is 35.6 Å². The lowest BCUT2D eigenvalue weighted by Crippen LogP contribution is -2.37. The predicted octanol–water partition coefficient (Wildman–Crippen LogP) is 1.66. The average Bonchev–Trinajstić information content (AvgIpc) is 2.50. The van der Waals surface area contributed by atoms with Crippen LogP contribution in [0.25, 0.3) is 0 Å². The van der Waals surface area contributed by atoms with E-state index in [4.69, 9.17) is 9.52 Å². The molecule has 0 aliphatic heterocycles. The monoisotopic (exact) mass is 225 g/mol. The minimum Gasteiger partial charge on any atom is -0.466 e. The van der Waals surface area contributed by atoms with Crippen molar-refractivity contribution in [3.8, 4) is 0 Å². The van der Waals surface area contributed by atoms with Crippen LogP contribution in [-0.2, 0) is 0 Å². The van der Waals surface area contributed by atoms with E-state index >= 15 is 0 Å². The van der Waals surface area contributed by atoms with E-state index in [1.54, 1.807) is 20.9 Å². The van der Waals surface area contributed by atoms with E-state index in [1.807, 2.05) is 13.8 Å². The normalized spacial score (nSPS) is 12.6. The zero-order valence-corrected chi connectivity index (χ0v) is 10.5. The van der Waals surface area contributed by atoms with Crippen LogP contribution in [0.15, 0.2) is 4.42 Å². The van der Waals surface area contributed by atoms with Crippen LogP contribution in [0, 0.1) is 20.8 Å². The van der Waals surface area contributed by atoms with E-state index in [0.717, 1.165) is 11.3 Å². The Hall–Kier alpha value is -1.29. The summed E-state index contributed by atoms with van der Waals surface area (Å²) in [5.74, 6) is 1.30. The molecule has 0 spiro atoms. The van der Waals surface area contributed by atoms with E-state index in [2.05, 4.69) is 0 Å². The lowest BCUT2D eigenvalue weighted by molar-refractivity contribution is 0.0680. The standard InChI is InChI=1S/C12H19NO3/c1-7(6-14)13(5)12(15)11-8(2)9(3)16-10(11)4/h7,14H,6H2,1-5H3. The van der Waals surface area contributed by atoms with Crippen LogP contribution in [0.2, 0.25) is 0 Å². The number of likely N-dealkylation sites (N-methyl/N-ethyl adjacent to an activating group) is 1. The fourth-order valence-corrected chi connectivity index (χ4v) is 1.61. The molecular weight excluding hydrogens is 206 g/mol. The minimum atomic E-state index is -0.193. The molecule has 0 saturated carbocycles. The van der Waals surface area contributed by atoms with Crippen LogP contribution in [0.4, 0.5) is 0 Å². The SMILES string of the molecule is Cc1oc(C)c(C(=O)N(C)C(C)CO)c1C. The van der Waals surface area contributed by atoms with Crippen molar-refractivity contribution >= 4 is 5.91 Å². The van der Waals surface area contributed by atoms with E-state index in [1.165, 1.54) is 4.90 Å². The zero-order valence-electron chi connectivity index (χ0n) is 10.5. The van der Waals surface area contributed by atoms with Gasteiger partial charge < -0.3 is 14.4 Å². The largest absolute Gasteiger partial charge is 0.466 e. The van der Waals surface area contributed by atoms with Gasteiger partial charge in [0.2, 0.25) is 0 Å². The van der Waals surface area contributed by atoms with Crippen LogP contribution in [0.3, 0.4) is 0 Å². The summed E-state index contributed by atoms with van der Waals surface area (Å²) in [6.07, 6.45) is 0. The number of carbonyl (C=O) groups is 1. The fourth-order valence-electron chi connectivity index (χ4n) is 1.61. The molecule has 0 saturated heterocycles. The lowest BCUT2D eigenvalue weighted by Gasteiger charge is -2.23. The Kier molecular flexibility index (Phi) is 3.75. The van der Waals surface area contributed by atoms with Gasteiger partial charge in [0.15, 0.2) is 0 Å². The smallest absolute Gasteiger partial charge is 0.257 e. The molecule has 16 heavy (non-hydrogen) atoms. The molecule has 0 radical (unpaired) electrons. The third-order valence-corrected chi connectivity index (χ3v) is 3.02. The van der Waals surface area contributed by atoms with Gasteiger partial charge in [-0.2, -0.15) is 0 Å². The second-order valence-electron chi connectivity index (χ2n) is 4.16. The van der Waals surface area contributed by atoms with Crippen LogP contribution in [0.5, 0.6) is 0 Å². The van der Waals surface area contributed by atoms with Crippen LogP contribution < -0.4 is 0 Å². The van der Waals surface area contributed by atoms with Crippen molar-refractivity contribution in [2.24, 2.45) is 0 Å². The highest BCUT2D eigenvalue weighted by molar-refractivity contribution is 5.96. The molecule has 0 aromatic carbocycles. The number of amides is 1. The molecular formula is C12H19NO3. The van der Waals surface area contributed by atoms with Gasteiger partial charge in [0, 0.05) is 12.6 Å². The summed E-state index contributed by atoms with van der Waals surface area (Å²) in [5, 5.41) is 9.03. The topological polar surface area (TPSA) is 53.7 Å². The van der Waals surface area contributed by atoms with Gasteiger partial charge >= 0.3 is 0 Å². The summed E-state index contributed by atoms with van der Waals surface area (Å²) in [4.78, 5) is 13.7. The first-order chi connectivity index (χ1) is 7.40. The van der Waals surface area contributed by atoms with Gasteiger partial charge in [-0.3, -0.25) is 4.79 Å². The molecule has 1 heterocycles. The predicted molar refractivity (Wildman–Crippen MR) is 61.6 cm³/mol. The van der Waals surface area contributed by atoms with Crippen molar-refractivity contribution in [1.82, 2.24) is 4.90 Å². The van der Waals surface area contributed by atoms with Crippen molar-refractivity contribution in [3.05, 3.63) is 22.6 Å². The number of nitrogens with zero attached hydrogens (tertiary/aromatic N) is 1. The first kappa shape index (κ1) is 12.8. The molecule has 90 valence electrons. The Morgan fingerprint density at radius 2 is 1.94 bits per heavy atom. The average molecular weight is 225 g/mol. The molecule has 1 aromatic rings. The Labute approximate surface area is 95.9 Å². The Bertz CT molecular complexity index is 395. The molecule has 1 amide bonds.